The third kappa shape index (κ3) is 3.83. The van der Waals surface area contributed by atoms with Crippen molar-refractivity contribution < 1.29 is 0 Å². The standard InChI is InChI=1S/C19H25N3S.ClH/c20-18-13-22(12-17(18)14-6-2-1-3-7-14)11-16-10-21-19(23-16)15-8-4-5-9-15;/h1-3,6-7,10,15,17-18H,4-5,8-9,11-13,20H2;1H/t17-,18+;/m0./s1. The van der Waals surface area contributed by atoms with Gasteiger partial charge in [-0.1, -0.05) is 43.2 Å². The Morgan fingerprint density at radius 3 is 2.62 bits per heavy atom. The number of hydrogen-bond acceptors (Lipinski definition) is 4. The summed E-state index contributed by atoms with van der Waals surface area (Å²) in [4.78, 5) is 8.59. The van der Waals surface area contributed by atoms with Crippen molar-refractivity contribution in [2.24, 2.45) is 5.73 Å². The van der Waals surface area contributed by atoms with Gasteiger partial charge in [0, 0.05) is 48.6 Å². The maximum absolute atomic E-state index is 6.41. The van der Waals surface area contributed by atoms with E-state index >= 15 is 0 Å². The molecule has 1 saturated carbocycles. The van der Waals surface area contributed by atoms with Crippen LogP contribution in [-0.2, 0) is 6.54 Å². The number of aromatic nitrogens is 1. The lowest BCUT2D eigenvalue weighted by molar-refractivity contribution is 0.326. The zero-order valence-corrected chi connectivity index (χ0v) is 15.6. The summed E-state index contributed by atoms with van der Waals surface area (Å²) in [6, 6.07) is 10.9. The van der Waals surface area contributed by atoms with Gasteiger partial charge < -0.3 is 5.73 Å². The summed E-state index contributed by atoms with van der Waals surface area (Å²) >= 11 is 1.92. The minimum Gasteiger partial charge on any atom is -0.326 e. The van der Waals surface area contributed by atoms with Gasteiger partial charge in [-0.15, -0.1) is 23.7 Å². The van der Waals surface area contributed by atoms with E-state index in [9.17, 15) is 0 Å². The van der Waals surface area contributed by atoms with E-state index in [1.807, 2.05) is 11.3 Å². The highest BCUT2D eigenvalue weighted by Gasteiger charge is 2.31. The zero-order valence-electron chi connectivity index (χ0n) is 13.9. The van der Waals surface area contributed by atoms with Crippen LogP contribution in [-0.4, -0.2) is 29.0 Å². The van der Waals surface area contributed by atoms with Crippen LogP contribution in [0.3, 0.4) is 0 Å². The van der Waals surface area contributed by atoms with Crippen molar-refractivity contribution in [1.29, 1.82) is 0 Å². The van der Waals surface area contributed by atoms with Crippen LogP contribution in [0.1, 0.15) is 53.0 Å². The van der Waals surface area contributed by atoms with Crippen LogP contribution in [0.15, 0.2) is 36.5 Å². The maximum Gasteiger partial charge on any atom is 0.0959 e. The number of hydrogen-bond donors (Lipinski definition) is 1. The molecule has 5 heteroatoms. The Balaban J connectivity index is 0.00000169. The van der Waals surface area contributed by atoms with E-state index in [4.69, 9.17) is 10.7 Å². The Labute approximate surface area is 154 Å². The number of nitrogens with two attached hydrogens (primary N) is 1. The van der Waals surface area contributed by atoms with Crippen molar-refractivity contribution in [2.45, 2.75) is 50.1 Å². The second kappa shape index (κ2) is 7.96. The second-order valence-electron chi connectivity index (χ2n) is 7.02. The normalized spacial score (nSPS) is 25.0. The van der Waals surface area contributed by atoms with Crippen molar-refractivity contribution in [1.82, 2.24) is 9.88 Å². The number of benzene rings is 1. The van der Waals surface area contributed by atoms with Gasteiger partial charge in [-0.3, -0.25) is 4.90 Å². The molecule has 1 saturated heterocycles. The molecule has 2 aromatic rings. The fourth-order valence-corrected chi connectivity index (χ4v) is 5.20. The molecular weight excluding hydrogens is 338 g/mol. The first-order valence-corrected chi connectivity index (χ1v) is 9.59. The molecule has 130 valence electrons. The second-order valence-corrected chi connectivity index (χ2v) is 8.17. The lowest BCUT2D eigenvalue weighted by Gasteiger charge is -2.15. The van der Waals surface area contributed by atoms with Gasteiger partial charge >= 0.3 is 0 Å². The molecule has 2 N–H and O–H groups in total. The molecule has 1 aliphatic heterocycles. The maximum atomic E-state index is 6.41. The molecule has 0 unspecified atom stereocenters. The highest BCUT2D eigenvalue weighted by molar-refractivity contribution is 7.11. The van der Waals surface area contributed by atoms with E-state index in [1.54, 1.807) is 0 Å². The molecule has 1 aliphatic carbocycles. The van der Waals surface area contributed by atoms with E-state index in [1.165, 1.54) is 41.1 Å². The molecule has 3 nitrogen and oxygen atoms in total. The summed E-state index contributed by atoms with van der Waals surface area (Å²) in [6.07, 6.45) is 7.51. The fraction of sp³-hybridized carbons (Fsp3) is 0.526. The van der Waals surface area contributed by atoms with Crippen LogP contribution >= 0.6 is 23.7 Å². The van der Waals surface area contributed by atoms with Gasteiger partial charge in [0.15, 0.2) is 0 Å². The summed E-state index contributed by atoms with van der Waals surface area (Å²) in [5.74, 6) is 1.19. The van der Waals surface area contributed by atoms with Gasteiger partial charge in [-0.2, -0.15) is 0 Å². The molecule has 1 aromatic carbocycles. The average Bonchev–Trinajstić information content (AvgIpc) is 3.29. The van der Waals surface area contributed by atoms with E-state index in [0.29, 0.717) is 5.92 Å². The van der Waals surface area contributed by atoms with Crippen LogP contribution in [0.5, 0.6) is 0 Å². The molecule has 4 rings (SSSR count). The van der Waals surface area contributed by atoms with Crippen LogP contribution in [0, 0.1) is 0 Å². The Morgan fingerprint density at radius 2 is 1.88 bits per heavy atom. The third-order valence-corrected chi connectivity index (χ3v) is 6.47. The molecule has 24 heavy (non-hydrogen) atoms. The topological polar surface area (TPSA) is 42.1 Å². The quantitative estimate of drug-likeness (QED) is 0.887. The van der Waals surface area contributed by atoms with Gasteiger partial charge in [0.1, 0.15) is 0 Å². The van der Waals surface area contributed by atoms with E-state index in [-0.39, 0.29) is 18.4 Å². The number of likely N-dealkylation sites (tertiary alicyclic amines) is 1. The fourth-order valence-electron chi connectivity index (χ4n) is 4.07. The Hall–Kier alpha value is -0.940. The molecule has 2 atom stereocenters. The average molecular weight is 364 g/mol. The molecule has 2 heterocycles. The molecule has 1 aromatic heterocycles. The van der Waals surface area contributed by atoms with Gasteiger partial charge in [-0.05, 0) is 18.4 Å². The predicted octanol–water partition coefficient (Wildman–Crippen LogP) is 4.15. The monoisotopic (exact) mass is 363 g/mol. The lowest BCUT2D eigenvalue weighted by Crippen LogP contribution is -2.28. The Morgan fingerprint density at radius 1 is 1.12 bits per heavy atom. The van der Waals surface area contributed by atoms with E-state index in [0.717, 1.165) is 25.6 Å². The van der Waals surface area contributed by atoms with Crippen molar-refractivity contribution in [3.05, 3.63) is 52.0 Å². The summed E-state index contributed by atoms with van der Waals surface area (Å²) < 4.78 is 0. The van der Waals surface area contributed by atoms with Crippen molar-refractivity contribution in [3.8, 4) is 0 Å². The van der Waals surface area contributed by atoms with Gasteiger partial charge in [0.25, 0.3) is 0 Å². The first-order chi connectivity index (χ1) is 11.3. The highest BCUT2D eigenvalue weighted by Crippen LogP contribution is 2.36. The zero-order chi connectivity index (χ0) is 15.6. The van der Waals surface area contributed by atoms with Gasteiger partial charge in [0.05, 0.1) is 5.01 Å². The largest absolute Gasteiger partial charge is 0.326 e. The Bertz CT molecular complexity index is 639. The van der Waals surface area contributed by atoms with Crippen molar-refractivity contribution >= 4 is 23.7 Å². The molecule has 0 amide bonds. The molecule has 0 bridgehead atoms. The predicted molar refractivity (Wildman–Crippen MR) is 103 cm³/mol. The number of thiazole rings is 1. The molecule has 0 radical (unpaired) electrons. The van der Waals surface area contributed by atoms with Crippen LogP contribution in [0.4, 0.5) is 0 Å². The molecule has 2 fully saturated rings. The molecule has 0 spiro atoms. The number of rotatable bonds is 4. The Kier molecular flexibility index (Phi) is 5.93. The first-order valence-electron chi connectivity index (χ1n) is 8.77. The number of nitrogens with zero attached hydrogens (tertiary/aromatic N) is 2. The SMILES string of the molecule is Cl.N[C@@H]1CN(Cc2cnc(C3CCCC3)s2)C[C@H]1c1ccccc1. The van der Waals surface area contributed by atoms with E-state index in [2.05, 4.69) is 41.4 Å². The summed E-state index contributed by atoms with van der Waals surface area (Å²) in [7, 11) is 0. The first kappa shape index (κ1) is 17.9. The lowest BCUT2D eigenvalue weighted by atomic mass is 9.95. The minimum atomic E-state index is 0. The van der Waals surface area contributed by atoms with Gasteiger partial charge in [-0.25, -0.2) is 4.98 Å². The minimum absolute atomic E-state index is 0. The van der Waals surface area contributed by atoms with Crippen molar-refractivity contribution in [2.75, 3.05) is 13.1 Å². The van der Waals surface area contributed by atoms with Crippen LogP contribution in [0.25, 0.3) is 0 Å². The molecular formula is C19H26ClN3S. The summed E-state index contributed by atoms with van der Waals surface area (Å²) in [5, 5.41) is 1.36. The number of halogens is 1. The summed E-state index contributed by atoms with van der Waals surface area (Å²) in [5.41, 5.74) is 7.78. The third-order valence-electron chi connectivity index (χ3n) is 5.32. The molecule has 2 aliphatic rings. The smallest absolute Gasteiger partial charge is 0.0959 e. The van der Waals surface area contributed by atoms with Crippen molar-refractivity contribution in [3.63, 3.8) is 0 Å². The highest BCUT2D eigenvalue weighted by atomic mass is 35.5. The van der Waals surface area contributed by atoms with Crippen LogP contribution in [0.2, 0.25) is 0 Å². The van der Waals surface area contributed by atoms with Gasteiger partial charge in [0.2, 0.25) is 0 Å². The van der Waals surface area contributed by atoms with Crippen LogP contribution < -0.4 is 5.73 Å². The summed E-state index contributed by atoms with van der Waals surface area (Å²) in [6.45, 7) is 3.04. The van der Waals surface area contributed by atoms with E-state index < -0.39 is 0 Å².